The number of hydrogen-bond donors (Lipinski definition) is 2. The molecule has 2 bridgehead atoms. The van der Waals surface area contributed by atoms with E-state index in [4.69, 9.17) is 9.84 Å². The molecule has 4 nitrogen and oxygen atoms in total. The van der Waals surface area contributed by atoms with E-state index in [2.05, 4.69) is 19.6 Å². The lowest BCUT2D eigenvalue weighted by atomic mass is 9.71. The van der Waals surface area contributed by atoms with Crippen molar-refractivity contribution in [1.29, 1.82) is 0 Å². The number of aliphatic carboxylic acids is 1. The molecule has 126 valence electrons. The summed E-state index contributed by atoms with van der Waals surface area (Å²) in [5.41, 5.74) is 0. The highest BCUT2D eigenvalue weighted by Crippen LogP contribution is 2.48. The summed E-state index contributed by atoms with van der Waals surface area (Å²) in [5, 5.41) is 18.3. The lowest BCUT2D eigenvalue weighted by Gasteiger charge is -2.30. The predicted octanol–water partition coefficient (Wildman–Crippen LogP) is 4.02. The van der Waals surface area contributed by atoms with Crippen LogP contribution in [0.25, 0.3) is 0 Å². The monoisotopic (exact) mass is 318 g/mol. The van der Waals surface area contributed by atoms with E-state index in [0.29, 0.717) is 17.9 Å². The van der Waals surface area contributed by atoms with Crippen LogP contribution in [0.4, 0.5) is 0 Å². The van der Waals surface area contributed by atoms with Crippen molar-refractivity contribution in [3.8, 4) is 0 Å². The molecule has 5 atom stereocenters. The van der Waals surface area contributed by atoms with Gasteiger partial charge in [-0.25, -0.2) is 0 Å². The van der Waals surface area contributed by atoms with Gasteiger partial charge in [0.05, 0.1) is 18.6 Å². The van der Waals surface area contributed by atoms with Crippen molar-refractivity contribution in [2.24, 2.45) is 17.8 Å². The second-order valence-electron chi connectivity index (χ2n) is 6.38. The van der Waals surface area contributed by atoms with Crippen LogP contribution < -0.4 is 0 Å². The second-order valence-corrected chi connectivity index (χ2v) is 6.38. The molecule has 0 aromatic rings. The molecule has 1 unspecified atom stereocenters. The van der Waals surface area contributed by atoms with Gasteiger partial charge in [0.1, 0.15) is 5.76 Å². The van der Waals surface area contributed by atoms with Crippen LogP contribution in [0.1, 0.15) is 32.6 Å². The fourth-order valence-corrected chi connectivity index (χ4v) is 3.86. The molecular formula is C19H26O4. The third-order valence-corrected chi connectivity index (χ3v) is 4.82. The molecule has 0 aromatic carbocycles. The lowest BCUT2D eigenvalue weighted by molar-refractivity contribution is -0.136. The highest BCUT2D eigenvalue weighted by atomic mass is 16.5. The van der Waals surface area contributed by atoms with Crippen molar-refractivity contribution in [1.82, 2.24) is 0 Å². The minimum Gasteiger partial charge on any atom is -0.508 e. The van der Waals surface area contributed by atoms with Crippen LogP contribution in [0.15, 0.2) is 48.8 Å². The Morgan fingerprint density at radius 1 is 1.26 bits per heavy atom. The van der Waals surface area contributed by atoms with Gasteiger partial charge in [0, 0.05) is 0 Å². The molecule has 2 N–H and O–H groups in total. The minimum atomic E-state index is -0.821. The lowest BCUT2D eigenvalue weighted by Crippen LogP contribution is -2.31. The molecule has 2 heterocycles. The molecular weight excluding hydrogens is 292 g/mol. The summed E-state index contributed by atoms with van der Waals surface area (Å²) in [5.74, 6) is 0.500. The van der Waals surface area contributed by atoms with Gasteiger partial charge in [-0.05, 0) is 49.2 Å². The highest BCUT2D eigenvalue weighted by molar-refractivity contribution is 5.68. The molecule has 2 saturated heterocycles. The maximum absolute atomic E-state index is 10.4. The summed E-state index contributed by atoms with van der Waals surface area (Å²) in [6, 6.07) is 0. The van der Waals surface area contributed by atoms with Crippen LogP contribution >= 0.6 is 0 Å². The Kier molecular flexibility index (Phi) is 6.22. The molecule has 2 aliphatic rings. The number of aliphatic hydroxyl groups excluding tert-OH is 1. The van der Waals surface area contributed by atoms with Gasteiger partial charge in [0.2, 0.25) is 0 Å². The smallest absolute Gasteiger partial charge is 0.307 e. The average molecular weight is 318 g/mol. The van der Waals surface area contributed by atoms with Gasteiger partial charge < -0.3 is 14.9 Å². The van der Waals surface area contributed by atoms with Crippen LogP contribution in [-0.4, -0.2) is 28.4 Å². The third-order valence-electron chi connectivity index (χ3n) is 4.82. The van der Waals surface area contributed by atoms with Gasteiger partial charge in [-0.15, -0.1) is 0 Å². The SMILES string of the molecule is C=CC(O)=CC(C)[C@@H]1[C@H](C/C=C\C=CCC(=O)O)[C@@H]2CC[C@H]1O2. The highest BCUT2D eigenvalue weighted by Gasteiger charge is 2.49. The maximum atomic E-state index is 10.4. The second kappa shape index (κ2) is 8.16. The molecule has 4 heteroatoms. The summed E-state index contributed by atoms with van der Waals surface area (Å²) in [4.78, 5) is 10.4. The zero-order valence-corrected chi connectivity index (χ0v) is 13.6. The van der Waals surface area contributed by atoms with Crippen molar-refractivity contribution in [3.05, 3.63) is 48.8 Å². The number of rotatable bonds is 8. The minimum absolute atomic E-state index is 0.0485. The topological polar surface area (TPSA) is 66.8 Å². The van der Waals surface area contributed by atoms with E-state index in [0.717, 1.165) is 19.3 Å². The Hall–Kier alpha value is -1.81. The predicted molar refractivity (Wildman–Crippen MR) is 90.1 cm³/mol. The summed E-state index contributed by atoms with van der Waals surface area (Å²) in [6.07, 6.45) is 14.5. The Morgan fingerprint density at radius 3 is 2.65 bits per heavy atom. The van der Waals surface area contributed by atoms with Crippen molar-refractivity contribution in [3.63, 3.8) is 0 Å². The van der Waals surface area contributed by atoms with Crippen LogP contribution in [0.3, 0.4) is 0 Å². The van der Waals surface area contributed by atoms with E-state index in [-0.39, 0.29) is 24.2 Å². The van der Waals surface area contributed by atoms with Crippen LogP contribution in [0.2, 0.25) is 0 Å². The molecule has 0 aromatic heterocycles. The summed E-state index contributed by atoms with van der Waals surface area (Å²) in [7, 11) is 0. The van der Waals surface area contributed by atoms with E-state index < -0.39 is 5.97 Å². The van der Waals surface area contributed by atoms with Gasteiger partial charge >= 0.3 is 5.97 Å². The zero-order valence-electron chi connectivity index (χ0n) is 13.6. The first-order chi connectivity index (χ1) is 11.0. The van der Waals surface area contributed by atoms with Crippen LogP contribution in [0.5, 0.6) is 0 Å². The van der Waals surface area contributed by atoms with Crippen molar-refractivity contribution in [2.45, 2.75) is 44.8 Å². The molecule has 0 radical (unpaired) electrons. The fraction of sp³-hybridized carbons (Fsp3) is 0.526. The molecule has 2 aliphatic heterocycles. The number of allylic oxidation sites excluding steroid dienone is 5. The normalized spacial score (nSPS) is 32.0. The van der Waals surface area contributed by atoms with Gasteiger partial charge in [0.15, 0.2) is 0 Å². The first kappa shape index (κ1) is 17.5. The number of hydrogen-bond acceptors (Lipinski definition) is 3. The van der Waals surface area contributed by atoms with Crippen molar-refractivity contribution in [2.75, 3.05) is 0 Å². The van der Waals surface area contributed by atoms with Crippen LogP contribution in [0, 0.1) is 17.8 Å². The van der Waals surface area contributed by atoms with E-state index in [9.17, 15) is 9.90 Å². The molecule has 2 rings (SSSR count). The fourth-order valence-electron chi connectivity index (χ4n) is 3.86. The van der Waals surface area contributed by atoms with Gasteiger partial charge in [0.25, 0.3) is 0 Å². The Labute approximate surface area is 137 Å². The third kappa shape index (κ3) is 4.58. The Balaban J connectivity index is 1.95. The maximum Gasteiger partial charge on any atom is 0.307 e. The summed E-state index contributed by atoms with van der Waals surface area (Å²) < 4.78 is 6.08. The first-order valence-corrected chi connectivity index (χ1v) is 8.25. The zero-order chi connectivity index (χ0) is 16.8. The molecule has 0 saturated carbocycles. The summed E-state index contributed by atoms with van der Waals surface area (Å²) >= 11 is 0. The number of fused-ring (bicyclic) bond motifs is 2. The largest absolute Gasteiger partial charge is 0.508 e. The molecule has 2 fully saturated rings. The molecule has 0 amide bonds. The van der Waals surface area contributed by atoms with Gasteiger partial charge in [-0.3, -0.25) is 4.79 Å². The average Bonchev–Trinajstić information content (AvgIpc) is 3.11. The number of carbonyl (C=O) groups is 1. The number of carboxylic acids is 1. The van der Waals surface area contributed by atoms with Gasteiger partial charge in [-0.1, -0.05) is 37.8 Å². The number of carboxylic acid groups (broad SMARTS) is 1. The summed E-state index contributed by atoms with van der Waals surface area (Å²) in [6.45, 7) is 5.71. The molecule has 0 spiro atoms. The van der Waals surface area contributed by atoms with E-state index in [1.54, 1.807) is 12.2 Å². The standard InChI is InChI=1S/C19H26O4/c1-3-14(20)12-13(2)19-15(16-10-11-17(19)23-16)8-6-4-5-7-9-18(21)22/h3-7,12-13,15-17,19-20H,1,8-11H2,2H3,(H,21,22)/b6-4-,7-5?,14-12?/t13?,15-,16+,17-,19-/m1/s1. The number of aliphatic hydroxyl groups is 1. The van der Waals surface area contributed by atoms with E-state index in [1.165, 1.54) is 6.08 Å². The Morgan fingerprint density at radius 2 is 1.96 bits per heavy atom. The van der Waals surface area contributed by atoms with Crippen LogP contribution in [-0.2, 0) is 9.53 Å². The quantitative estimate of drug-likeness (QED) is 0.524. The molecule has 23 heavy (non-hydrogen) atoms. The van der Waals surface area contributed by atoms with Crippen molar-refractivity contribution < 1.29 is 19.7 Å². The van der Waals surface area contributed by atoms with E-state index >= 15 is 0 Å². The van der Waals surface area contributed by atoms with E-state index in [1.807, 2.05) is 12.2 Å². The molecule has 0 aliphatic carbocycles. The number of ether oxygens (including phenoxy) is 1. The Bertz CT molecular complexity index is 517. The van der Waals surface area contributed by atoms with Gasteiger partial charge in [-0.2, -0.15) is 0 Å². The first-order valence-electron chi connectivity index (χ1n) is 8.25. The van der Waals surface area contributed by atoms with Crippen molar-refractivity contribution >= 4 is 5.97 Å².